The highest BCUT2D eigenvalue weighted by Crippen LogP contribution is 2.25. The van der Waals surface area contributed by atoms with Gasteiger partial charge in [-0.2, -0.15) is 5.10 Å². The van der Waals surface area contributed by atoms with Crippen LogP contribution in [0.5, 0.6) is 0 Å². The maximum Gasteiger partial charge on any atom is 0.137 e. The van der Waals surface area contributed by atoms with Crippen molar-refractivity contribution >= 4 is 15.9 Å². The Hall–Kier alpha value is -1.20. The van der Waals surface area contributed by atoms with Crippen LogP contribution < -0.4 is 5.32 Å². The zero-order valence-electron chi connectivity index (χ0n) is 11.0. The summed E-state index contributed by atoms with van der Waals surface area (Å²) in [5.41, 5.74) is 1.95. The molecule has 0 saturated heterocycles. The Balaban J connectivity index is 2.42. The van der Waals surface area contributed by atoms with Crippen molar-refractivity contribution in [2.75, 3.05) is 6.54 Å². The van der Waals surface area contributed by atoms with E-state index in [9.17, 15) is 4.39 Å². The van der Waals surface area contributed by atoms with Crippen LogP contribution in [0.4, 0.5) is 4.39 Å². The van der Waals surface area contributed by atoms with Gasteiger partial charge < -0.3 is 5.32 Å². The molecule has 1 heterocycles. The Kier molecular flexibility index (Phi) is 4.71. The van der Waals surface area contributed by atoms with Gasteiger partial charge in [-0.3, -0.25) is 4.68 Å². The number of nitrogens with zero attached hydrogens (tertiary/aromatic N) is 2. The highest BCUT2D eigenvalue weighted by Gasteiger charge is 2.18. The predicted octanol–water partition coefficient (Wildman–Crippen LogP) is 3.50. The fourth-order valence-electron chi connectivity index (χ4n) is 2.14. The van der Waals surface area contributed by atoms with Crippen LogP contribution in [0.2, 0.25) is 0 Å². The number of nitrogens with one attached hydrogen (secondary N) is 1. The Morgan fingerprint density at radius 2 is 2.16 bits per heavy atom. The fourth-order valence-corrected chi connectivity index (χ4v) is 2.39. The molecule has 102 valence electrons. The second kappa shape index (κ2) is 6.30. The maximum atomic E-state index is 13.7. The van der Waals surface area contributed by atoms with Crippen molar-refractivity contribution in [2.45, 2.75) is 26.4 Å². The van der Waals surface area contributed by atoms with E-state index in [4.69, 9.17) is 0 Å². The first-order chi connectivity index (χ1) is 9.17. The van der Waals surface area contributed by atoms with E-state index in [-0.39, 0.29) is 11.9 Å². The van der Waals surface area contributed by atoms with Gasteiger partial charge in [0, 0.05) is 12.7 Å². The first-order valence-corrected chi connectivity index (χ1v) is 7.16. The molecule has 0 aliphatic heterocycles. The summed E-state index contributed by atoms with van der Waals surface area (Å²) in [6.07, 6.45) is 1.78. The van der Waals surface area contributed by atoms with E-state index < -0.39 is 0 Å². The number of benzene rings is 1. The number of hydrogen-bond acceptors (Lipinski definition) is 2. The molecule has 0 radical (unpaired) electrons. The van der Waals surface area contributed by atoms with E-state index >= 15 is 0 Å². The second-order valence-corrected chi connectivity index (χ2v) is 5.09. The number of rotatable bonds is 5. The number of aryl methyl sites for hydroxylation is 1. The van der Waals surface area contributed by atoms with Crippen molar-refractivity contribution in [3.05, 3.63) is 52.0 Å². The first kappa shape index (κ1) is 14.2. The molecule has 5 heteroatoms. The van der Waals surface area contributed by atoms with Crippen molar-refractivity contribution in [2.24, 2.45) is 0 Å². The van der Waals surface area contributed by atoms with Crippen LogP contribution in [0.1, 0.15) is 31.1 Å². The van der Waals surface area contributed by atoms with E-state index in [1.807, 2.05) is 30.7 Å². The molecule has 0 fully saturated rings. The predicted molar refractivity (Wildman–Crippen MR) is 77.5 cm³/mol. The molecular weight excluding hydrogens is 309 g/mol. The Labute approximate surface area is 121 Å². The van der Waals surface area contributed by atoms with Gasteiger partial charge in [-0.15, -0.1) is 0 Å². The van der Waals surface area contributed by atoms with Gasteiger partial charge >= 0.3 is 0 Å². The van der Waals surface area contributed by atoms with E-state index in [2.05, 4.69) is 26.3 Å². The Morgan fingerprint density at radius 1 is 1.37 bits per heavy atom. The summed E-state index contributed by atoms with van der Waals surface area (Å²) in [6, 6.07) is 7.14. The van der Waals surface area contributed by atoms with Gasteiger partial charge in [0.2, 0.25) is 0 Å². The summed E-state index contributed by atoms with van der Waals surface area (Å²) >= 11 is 3.18. The Bertz CT molecular complexity index is 553. The van der Waals surface area contributed by atoms with E-state index in [0.717, 1.165) is 24.3 Å². The third kappa shape index (κ3) is 3.04. The van der Waals surface area contributed by atoms with Gasteiger partial charge in [-0.1, -0.05) is 13.0 Å². The zero-order valence-corrected chi connectivity index (χ0v) is 12.6. The smallest absolute Gasteiger partial charge is 0.137 e. The summed E-state index contributed by atoms with van der Waals surface area (Å²) in [4.78, 5) is 0. The van der Waals surface area contributed by atoms with Gasteiger partial charge in [0.25, 0.3) is 0 Å². The molecule has 0 aliphatic carbocycles. The highest BCUT2D eigenvalue weighted by molar-refractivity contribution is 9.10. The van der Waals surface area contributed by atoms with Crippen LogP contribution in [0.25, 0.3) is 0 Å². The molecule has 1 aromatic carbocycles. The molecule has 19 heavy (non-hydrogen) atoms. The van der Waals surface area contributed by atoms with Gasteiger partial charge in [0.15, 0.2) is 0 Å². The molecule has 2 aromatic rings. The number of hydrogen-bond donors (Lipinski definition) is 1. The quantitative estimate of drug-likeness (QED) is 0.911. The monoisotopic (exact) mass is 325 g/mol. The van der Waals surface area contributed by atoms with Crippen LogP contribution in [-0.2, 0) is 6.54 Å². The lowest BCUT2D eigenvalue weighted by molar-refractivity contribution is 0.538. The second-order valence-electron chi connectivity index (χ2n) is 4.24. The Morgan fingerprint density at radius 3 is 2.79 bits per heavy atom. The molecule has 2 rings (SSSR count). The minimum Gasteiger partial charge on any atom is -0.305 e. The summed E-state index contributed by atoms with van der Waals surface area (Å²) in [7, 11) is 0. The largest absolute Gasteiger partial charge is 0.305 e. The average Bonchev–Trinajstić information content (AvgIpc) is 2.87. The molecule has 3 nitrogen and oxygen atoms in total. The molecule has 1 unspecified atom stereocenters. The van der Waals surface area contributed by atoms with Crippen LogP contribution in [0, 0.1) is 5.82 Å². The molecule has 0 aliphatic rings. The van der Waals surface area contributed by atoms with Crippen molar-refractivity contribution in [3.8, 4) is 0 Å². The van der Waals surface area contributed by atoms with Crippen molar-refractivity contribution < 1.29 is 4.39 Å². The normalized spacial score (nSPS) is 12.6. The van der Waals surface area contributed by atoms with E-state index in [0.29, 0.717) is 4.47 Å². The minimum absolute atomic E-state index is 0.0463. The summed E-state index contributed by atoms with van der Waals surface area (Å²) in [5, 5.41) is 7.66. The molecular formula is C14H17BrFN3. The summed E-state index contributed by atoms with van der Waals surface area (Å²) in [6.45, 7) is 5.68. The van der Waals surface area contributed by atoms with Crippen molar-refractivity contribution in [3.63, 3.8) is 0 Å². The molecule has 0 amide bonds. The fraction of sp³-hybridized carbons (Fsp3) is 0.357. The number of aromatic nitrogens is 2. The minimum atomic E-state index is -0.247. The molecule has 1 N–H and O–H groups in total. The van der Waals surface area contributed by atoms with Crippen molar-refractivity contribution in [1.29, 1.82) is 0 Å². The lowest BCUT2D eigenvalue weighted by Crippen LogP contribution is -2.25. The van der Waals surface area contributed by atoms with E-state index in [1.165, 1.54) is 0 Å². The number of halogens is 2. The van der Waals surface area contributed by atoms with Gasteiger partial charge in [-0.05, 0) is 53.2 Å². The van der Waals surface area contributed by atoms with Gasteiger partial charge in [-0.25, -0.2) is 4.39 Å². The van der Waals surface area contributed by atoms with Crippen LogP contribution in [0.15, 0.2) is 34.9 Å². The lowest BCUT2D eigenvalue weighted by atomic mass is 10.0. The molecule has 1 atom stereocenters. The molecule has 0 saturated carbocycles. The topological polar surface area (TPSA) is 29.9 Å². The maximum absolute atomic E-state index is 13.7. The zero-order chi connectivity index (χ0) is 13.8. The van der Waals surface area contributed by atoms with Gasteiger partial charge in [0.05, 0.1) is 16.2 Å². The van der Waals surface area contributed by atoms with Crippen LogP contribution in [-0.4, -0.2) is 16.3 Å². The summed E-state index contributed by atoms with van der Waals surface area (Å²) in [5.74, 6) is -0.247. The van der Waals surface area contributed by atoms with E-state index in [1.54, 1.807) is 18.3 Å². The molecule has 1 aromatic heterocycles. The third-order valence-corrected chi connectivity index (χ3v) is 3.67. The SMILES string of the molecule is CCNC(c1ccc(Br)c(F)c1)c1ccnn1CC. The first-order valence-electron chi connectivity index (χ1n) is 6.37. The summed E-state index contributed by atoms with van der Waals surface area (Å²) < 4.78 is 16.1. The van der Waals surface area contributed by atoms with Crippen LogP contribution >= 0.6 is 15.9 Å². The van der Waals surface area contributed by atoms with Crippen LogP contribution in [0.3, 0.4) is 0 Å². The van der Waals surface area contributed by atoms with Gasteiger partial charge in [0.1, 0.15) is 5.82 Å². The molecule has 0 bridgehead atoms. The lowest BCUT2D eigenvalue weighted by Gasteiger charge is -2.20. The average molecular weight is 326 g/mol. The third-order valence-electron chi connectivity index (χ3n) is 3.03. The highest BCUT2D eigenvalue weighted by atomic mass is 79.9. The molecule has 0 spiro atoms. The van der Waals surface area contributed by atoms with Crippen molar-refractivity contribution in [1.82, 2.24) is 15.1 Å². The standard InChI is InChI=1S/C14H17BrFN3/c1-3-17-14(13-7-8-18-19(13)4-2)10-5-6-11(15)12(16)9-10/h5-9,14,17H,3-4H2,1-2H3.